The monoisotopic (exact) mass is 498 g/mol. The first kappa shape index (κ1) is 27.8. The maximum atomic E-state index is 12.9. The smallest absolute Gasteiger partial charge is 0.407 e. The molecule has 1 aromatic rings. The van der Waals surface area contributed by atoms with Crippen molar-refractivity contribution in [3.05, 3.63) is 16.6 Å². The summed E-state index contributed by atoms with van der Waals surface area (Å²) in [6, 6.07) is -1.16. The van der Waals surface area contributed by atoms with E-state index in [1.807, 2.05) is 13.8 Å². The summed E-state index contributed by atoms with van der Waals surface area (Å²) in [6.07, 6.45) is 3.04. The molecule has 12 heteroatoms. The van der Waals surface area contributed by atoms with Crippen molar-refractivity contribution in [2.75, 3.05) is 46.9 Å². The van der Waals surface area contributed by atoms with Gasteiger partial charge < -0.3 is 30.3 Å². The van der Waals surface area contributed by atoms with Gasteiger partial charge in [0.2, 0.25) is 5.91 Å². The number of alkyl carbamates (subject to hydrolysis) is 1. The van der Waals surface area contributed by atoms with Gasteiger partial charge in [0.25, 0.3) is 0 Å². The van der Waals surface area contributed by atoms with Crippen molar-refractivity contribution in [2.24, 2.45) is 0 Å². The van der Waals surface area contributed by atoms with Gasteiger partial charge in [-0.2, -0.15) is 0 Å². The van der Waals surface area contributed by atoms with E-state index in [9.17, 15) is 14.4 Å². The Morgan fingerprint density at radius 2 is 1.79 bits per heavy atom. The number of hydrogen-bond donors (Lipinski definition) is 3. The zero-order valence-corrected chi connectivity index (χ0v) is 21.4. The molecule has 0 spiro atoms. The third-order valence-electron chi connectivity index (χ3n) is 5.47. The number of carbonyl (C=O) groups is 3. The summed E-state index contributed by atoms with van der Waals surface area (Å²) in [7, 11) is 3.29. The average molecular weight is 499 g/mol. The van der Waals surface area contributed by atoms with Crippen LogP contribution >= 0.6 is 11.3 Å². The molecular formula is C22H38N6O5S. The zero-order valence-electron chi connectivity index (χ0n) is 20.5. The number of hydrogen-bond acceptors (Lipinski definition) is 8. The minimum Gasteiger partial charge on any atom is -0.444 e. The van der Waals surface area contributed by atoms with Crippen LogP contribution in [0.2, 0.25) is 0 Å². The molecule has 11 nitrogen and oxygen atoms in total. The van der Waals surface area contributed by atoms with Crippen LogP contribution in [0.1, 0.15) is 38.0 Å². The van der Waals surface area contributed by atoms with Crippen molar-refractivity contribution in [1.29, 1.82) is 0 Å². The number of morpholine rings is 1. The number of urea groups is 1. The van der Waals surface area contributed by atoms with Gasteiger partial charge in [-0.25, -0.2) is 9.59 Å². The average Bonchev–Trinajstić information content (AvgIpc) is 3.33. The molecular weight excluding hydrogens is 460 g/mol. The number of nitrogens with zero attached hydrogens (tertiary/aromatic N) is 3. The molecule has 0 bridgehead atoms. The van der Waals surface area contributed by atoms with Crippen LogP contribution in [0.5, 0.6) is 0 Å². The summed E-state index contributed by atoms with van der Waals surface area (Å²) in [5.41, 5.74) is 1.69. The molecule has 4 amide bonds. The lowest BCUT2D eigenvalue weighted by Crippen LogP contribution is -2.52. The Hall–Kier alpha value is -2.44. The Balaban J connectivity index is 1.74. The van der Waals surface area contributed by atoms with Crippen molar-refractivity contribution >= 4 is 29.4 Å². The van der Waals surface area contributed by atoms with E-state index >= 15 is 0 Å². The Labute approximate surface area is 205 Å². The highest BCUT2D eigenvalue weighted by Crippen LogP contribution is 2.08. The van der Waals surface area contributed by atoms with Crippen LogP contribution in [-0.2, 0) is 20.9 Å². The maximum Gasteiger partial charge on any atom is 0.407 e. The van der Waals surface area contributed by atoms with E-state index in [0.29, 0.717) is 39.0 Å². The number of aromatic nitrogens is 1. The van der Waals surface area contributed by atoms with Crippen LogP contribution in [0.3, 0.4) is 0 Å². The topological polar surface area (TPSA) is 125 Å². The molecule has 0 radical (unpaired) electrons. The molecule has 0 aliphatic carbocycles. The molecule has 34 heavy (non-hydrogen) atoms. The second-order valence-corrected chi connectivity index (χ2v) is 9.69. The molecule has 1 aliphatic rings. The second kappa shape index (κ2) is 14.7. The van der Waals surface area contributed by atoms with Gasteiger partial charge in [0.1, 0.15) is 12.6 Å². The van der Waals surface area contributed by atoms with Crippen molar-refractivity contribution in [2.45, 2.75) is 57.8 Å². The summed E-state index contributed by atoms with van der Waals surface area (Å²) >= 11 is 1.43. The van der Waals surface area contributed by atoms with Crippen molar-refractivity contribution in [3.63, 3.8) is 0 Å². The first-order valence-electron chi connectivity index (χ1n) is 11.6. The Bertz CT molecular complexity index is 757. The predicted octanol–water partition coefficient (Wildman–Crippen LogP) is 1.40. The number of rotatable bonds is 12. The Morgan fingerprint density at radius 1 is 1.12 bits per heavy atom. The summed E-state index contributed by atoms with van der Waals surface area (Å²) in [4.78, 5) is 45.5. The van der Waals surface area contributed by atoms with Crippen LogP contribution in [0, 0.1) is 0 Å². The van der Waals surface area contributed by atoms with E-state index in [1.165, 1.54) is 16.2 Å². The third-order valence-corrected chi connectivity index (χ3v) is 6.23. The van der Waals surface area contributed by atoms with Crippen LogP contribution < -0.4 is 16.0 Å². The molecule has 3 atom stereocenters. The van der Waals surface area contributed by atoms with Gasteiger partial charge in [0.05, 0.1) is 23.6 Å². The predicted molar refractivity (Wildman–Crippen MR) is 130 cm³/mol. The van der Waals surface area contributed by atoms with Crippen molar-refractivity contribution in [3.8, 4) is 0 Å². The Kier molecular flexibility index (Phi) is 12.1. The van der Waals surface area contributed by atoms with Gasteiger partial charge >= 0.3 is 12.1 Å². The Morgan fingerprint density at radius 3 is 2.41 bits per heavy atom. The molecule has 1 aromatic heterocycles. The van der Waals surface area contributed by atoms with Gasteiger partial charge in [0.15, 0.2) is 0 Å². The minimum atomic E-state index is -0.627. The van der Waals surface area contributed by atoms with Crippen LogP contribution in [-0.4, -0.2) is 97.9 Å². The second-order valence-electron chi connectivity index (χ2n) is 8.72. The first-order chi connectivity index (χ1) is 16.2. The fourth-order valence-corrected chi connectivity index (χ4v) is 3.87. The molecule has 1 saturated heterocycles. The summed E-state index contributed by atoms with van der Waals surface area (Å²) in [5.74, 6) is -0.208. The van der Waals surface area contributed by atoms with Gasteiger partial charge in [-0.1, -0.05) is 0 Å². The van der Waals surface area contributed by atoms with E-state index < -0.39 is 12.1 Å². The lowest BCUT2D eigenvalue weighted by molar-refractivity contribution is -0.123. The van der Waals surface area contributed by atoms with Gasteiger partial charge in [-0.15, -0.1) is 11.3 Å². The summed E-state index contributed by atoms with van der Waals surface area (Å²) in [5, 5.41) is 8.62. The SMILES string of the molecule is CC(CCC(C)NC(=O)C(CCN1CCOCC1)NC(=O)N(C)C)NC(=O)OCc1cncs1. The highest BCUT2D eigenvalue weighted by Gasteiger charge is 2.24. The minimum absolute atomic E-state index is 0.112. The lowest BCUT2D eigenvalue weighted by Gasteiger charge is -2.29. The number of nitrogens with one attached hydrogen (secondary N) is 3. The highest BCUT2D eigenvalue weighted by molar-refractivity contribution is 7.09. The highest BCUT2D eigenvalue weighted by atomic mass is 32.1. The molecule has 0 aromatic carbocycles. The summed E-state index contributed by atoms with van der Waals surface area (Å²) in [6.45, 7) is 7.72. The third kappa shape index (κ3) is 10.7. The number of thiazole rings is 1. The molecule has 2 heterocycles. The molecule has 3 N–H and O–H groups in total. The van der Waals surface area contributed by atoms with Crippen LogP contribution in [0.4, 0.5) is 9.59 Å². The normalized spacial score (nSPS) is 16.7. The number of carbonyl (C=O) groups excluding carboxylic acids is 3. The quantitative estimate of drug-likeness (QED) is 0.398. The van der Waals surface area contributed by atoms with E-state index in [4.69, 9.17) is 9.47 Å². The standard InChI is InChI=1S/C22H38N6O5S/c1-16(5-6-17(2)25-22(31)33-14-18-13-23-15-34-18)24-20(29)19(26-21(30)27(3)4)7-8-28-9-11-32-12-10-28/h13,15-17,19H,5-12,14H2,1-4H3,(H,24,29)(H,25,31)(H,26,30). The number of ether oxygens (including phenoxy) is 2. The summed E-state index contributed by atoms with van der Waals surface area (Å²) < 4.78 is 10.6. The zero-order chi connectivity index (χ0) is 24.9. The number of amides is 4. The molecule has 192 valence electrons. The van der Waals surface area contributed by atoms with E-state index in [-0.39, 0.29) is 30.6 Å². The molecule has 0 saturated carbocycles. The van der Waals surface area contributed by atoms with Crippen molar-refractivity contribution < 1.29 is 23.9 Å². The van der Waals surface area contributed by atoms with Crippen LogP contribution in [0.25, 0.3) is 0 Å². The lowest BCUT2D eigenvalue weighted by atomic mass is 10.1. The molecule has 1 fully saturated rings. The van der Waals surface area contributed by atoms with Gasteiger partial charge in [0, 0.05) is 52.0 Å². The largest absolute Gasteiger partial charge is 0.444 e. The maximum absolute atomic E-state index is 12.9. The molecule has 3 unspecified atom stereocenters. The van der Waals surface area contributed by atoms with Gasteiger partial charge in [-0.05, 0) is 33.1 Å². The molecule has 2 rings (SSSR count). The van der Waals surface area contributed by atoms with Crippen LogP contribution in [0.15, 0.2) is 11.7 Å². The van der Waals surface area contributed by atoms with E-state index in [1.54, 1.807) is 25.8 Å². The van der Waals surface area contributed by atoms with Gasteiger partial charge in [-0.3, -0.25) is 14.7 Å². The fourth-order valence-electron chi connectivity index (χ4n) is 3.36. The van der Waals surface area contributed by atoms with E-state index in [0.717, 1.165) is 18.0 Å². The fraction of sp³-hybridized carbons (Fsp3) is 0.727. The van der Waals surface area contributed by atoms with E-state index in [2.05, 4.69) is 25.8 Å². The van der Waals surface area contributed by atoms with Crippen molar-refractivity contribution in [1.82, 2.24) is 30.7 Å². The first-order valence-corrected chi connectivity index (χ1v) is 12.5. The molecule has 1 aliphatic heterocycles.